The highest BCUT2D eigenvalue weighted by molar-refractivity contribution is 7.80. The molecule has 0 bridgehead atoms. The molecule has 0 aliphatic carbocycles. The number of benzene rings is 1. The highest BCUT2D eigenvalue weighted by atomic mass is 32.1. The molecule has 1 atom stereocenters. The van der Waals surface area contributed by atoms with E-state index in [1.165, 1.54) is 5.56 Å². The van der Waals surface area contributed by atoms with Crippen LogP contribution >= 0.6 is 12.6 Å². The fraction of sp³-hybridized carbons (Fsp3) is 0.500. The first-order chi connectivity index (χ1) is 6.63. The van der Waals surface area contributed by atoms with Gasteiger partial charge in [-0.05, 0) is 23.5 Å². The summed E-state index contributed by atoms with van der Waals surface area (Å²) < 4.78 is 0. The van der Waals surface area contributed by atoms with Gasteiger partial charge in [0.25, 0.3) is 0 Å². The summed E-state index contributed by atoms with van der Waals surface area (Å²) in [5, 5.41) is 9.53. The van der Waals surface area contributed by atoms with Crippen LogP contribution in [0.25, 0.3) is 0 Å². The fourth-order valence-electron chi connectivity index (χ4n) is 1.45. The van der Waals surface area contributed by atoms with Gasteiger partial charge in [-0.15, -0.1) is 0 Å². The molecule has 0 amide bonds. The zero-order valence-corrected chi connectivity index (χ0v) is 9.67. The molecule has 0 spiro atoms. The third-order valence-corrected chi connectivity index (χ3v) is 2.53. The molecule has 1 aromatic rings. The largest absolute Gasteiger partial charge is 0.388 e. The van der Waals surface area contributed by atoms with E-state index in [9.17, 15) is 5.11 Å². The summed E-state index contributed by atoms with van der Waals surface area (Å²) in [6.45, 7) is 4.41. The summed E-state index contributed by atoms with van der Waals surface area (Å²) in [4.78, 5) is 0. The lowest BCUT2D eigenvalue weighted by Crippen LogP contribution is -1.99. The lowest BCUT2D eigenvalue weighted by molar-refractivity contribution is 0.204. The minimum Gasteiger partial charge on any atom is -0.388 e. The van der Waals surface area contributed by atoms with E-state index in [1.807, 2.05) is 12.1 Å². The Kier molecular flexibility index (Phi) is 4.49. The SMILES string of the molecule is CC(C)Cc1ccc(C(O)CS)cc1. The van der Waals surface area contributed by atoms with Crippen molar-refractivity contribution in [2.24, 2.45) is 5.92 Å². The van der Waals surface area contributed by atoms with E-state index < -0.39 is 6.10 Å². The third-order valence-electron chi connectivity index (χ3n) is 2.18. The Hall–Kier alpha value is -0.470. The molecule has 0 heterocycles. The molecule has 1 rings (SSSR count). The van der Waals surface area contributed by atoms with Gasteiger partial charge in [0.1, 0.15) is 0 Å². The maximum Gasteiger partial charge on any atom is 0.0877 e. The van der Waals surface area contributed by atoms with Crippen molar-refractivity contribution in [1.82, 2.24) is 0 Å². The Morgan fingerprint density at radius 1 is 1.21 bits per heavy atom. The van der Waals surface area contributed by atoms with Crippen LogP contribution in [0.3, 0.4) is 0 Å². The highest BCUT2D eigenvalue weighted by Gasteiger charge is 2.04. The van der Waals surface area contributed by atoms with Crippen LogP contribution in [0, 0.1) is 5.92 Å². The summed E-state index contributed by atoms with van der Waals surface area (Å²) in [5.74, 6) is 1.15. The first-order valence-corrected chi connectivity index (χ1v) is 5.64. The van der Waals surface area contributed by atoms with E-state index in [2.05, 4.69) is 38.6 Å². The predicted molar refractivity (Wildman–Crippen MR) is 63.8 cm³/mol. The zero-order valence-electron chi connectivity index (χ0n) is 8.77. The number of thiol groups is 1. The van der Waals surface area contributed by atoms with Gasteiger partial charge >= 0.3 is 0 Å². The standard InChI is InChI=1S/C12H18OS/c1-9(2)7-10-3-5-11(6-4-10)12(13)8-14/h3-6,9,12-14H,7-8H2,1-2H3. The van der Waals surface area contributed by atoms with E-state index in [-0.39, 0.29) is 0 Å². The lowest BCUT2D eigenvalue weighted by Gasteiger charge is -2.09. The average molecular weight is 210 g/mol. The second kappa shape index (κ2) is 5.42. The van der Waals surface area contributed by atoms with Crippen LogP contribution in [0.5, 0.6) is 0 Å². The number of aliphatic hydroxyl groups excluding tert-OH is 1. The zero-order chi connectivity index (χ0) is 10.6. The summed E-state index contributed by atoms with van der Waals surface area (Å²) in [6.07, 6.45) is 0.656. The van der Waals surface area contributed by atoms with Crippen LogP contribution in [0.15, 0.2) is 24.3 Å². The Morgan fingerprint density at radius 2 is 1.79 bits per heavy atom. The molecular weight excluding hydrogens is 192 g/mol. The van der Waals surface area contributed by atoms with Crippen molar-refractivity contribution < 1.29 is 5.11 Å². The summed E-state index contributed by atoms with van der Waals surface area (Å²) >= 11 is 4.06. The van der Waals surface area contributed by atoms with Crippen LogP contribution in [0.2, 0.25) is 0 Å². The number of hydrogen-bond donors (Lipinski definition) is 2. The van der Waals surface area contributed by atoms with Gasteiger partial charge in [-0.2, -0.15) is 12.6 Å². The highest BCUT2D eigenvalue weighted by Crippen LogP contribution is 2.16. The number of hydrogen-bond acceptors (Lipinski definition) is 2. The minimum absolute atomic E-state index is 0.438. The van der Waals surface area contributed by atoms with Crippen LogP contribution in [-0.2, 0) is 6.42 Å². The second-order valence-electron chi connectivity index (χ2n) is 4.04. The molecule has 0 aliphatic heterocycles. The van der Waals surface area contributed by atoms with Crippen molar-refractivity contribution >= 4 is 12.6 Å². The second-order valence-corrected chi connectivity index (χ2v) is 4.40. The van der Waals surface area contributed by atoms with Crippen molar-refractivity contribution in [2.45, 2.75) is 26.4 Å². The molecular formula is C12H18OS. The Bertz CT molecular complexity index is 266. The molecule has 1 nitrogen and oxygen atoms in total. The molecule has 0 fully saturated rings. The average Bonchev–Trinajstić information content (AvgIpc) is 2.17. The van der Waals surface area contributed by atoms with E-state index in [4.69, 9.17) is 0 Å². The molecule has 1 N–H and O–H groups in total. The normalized spacial score (nSPS) is 13.2. The molecule has 78 valence electrons. The van der Waals surface area contributed by atoms with Gasteiger partial charge in [-0.3, -0.25) is 0 Å². The van der Waals surface area contributed by atoms with Crippen LogP contribution in [0.1, 0.15) is 31.1 Å². The van der Waals surface area contributed by atoms with Crippen molar-refractivity contribution in [1.29, 1.82) is 0 Å². The summed E-state index contributed by atoms with van der Waals surface area (Å²) in [7, 11) is 0. The molecule has 0 aliphatic rings. The van der Waals surface area contributed by atoms with Gasteiger partial charge in [-0.25, -0.2) is 0 Å². The third kappa shape index (κ3) is 3.35. The molecule has 14 heavy (non-hydrogen) atoms. The fourth-order valence-corrected chi connectivity index (χ4v) is 1.66. The molecule has 1 aromatic carbocycles. The van der Waals surface area contributed by atoms with Crippen molar-refractivity contribution in [2.75, 3.05) is 5.75 Å². The summed E-state index contributed by atoms with van der Waals surface area (Å²) in [6, 6.07) is 8.14. The van der Waals surface area contributed by atoms with E-state index in [0.29, 0.717) is 11.7 Å². The maximum atomic E-state index is 9.53. The quantitative estimate of drug-likeness (QED) is 0.732. The topological polar surface area (TPSA) is 20.2 Å². The number of rotatable bonds is 4. The van der Waals surface area contributed by atoms with Gasteiger partial charge < -0.3 is 5.11 Å². The summed E-state index contributed by atoms with van der Waals surface area (Å²) in [5.41, 5.74) is 2.28. The van der Waals surface area contributed by atoms with Crippen LogP contribution in [-0.4, -0.2) is 10.9 Å². The van der Waals surface area contributed by atoms with Crippen molar-refractivity contribution in [3.63, 3.8) is 0 Å². The molecule has 0 aromatic heterocycles. The minimum atomic E-state index is -0.438. The maximum absolute atomic E-state index is 9.53. The first kappa shape index (κ1) is 11.6. The van der Waals surface area contributed by atoms with Gasteiger partial charge in [0.15, 0.2) is 0 Å². The molecule has 0 saturated heterocycles. The van der Waals surface area contributed by atoms with E-state index in [0.717, 1.165) is 12.0 Å². The Morgan fingerprint density at radius 3 is 2.21 bits per heavy atom. The van der Waals surface area contributed by atoms with Crippen molar-refractivity contribution in [3.8, 4) is 0 Å². The van der Waals surface area contributed by atoms with Crippen molar-refractivity contribution in [3.05, 3.63) is 35.4 Å². The van der Waals surface area contributed by atoms with Crippen LogP contribution < -0.4 is 0 Å². The molecule has 0 radical (unpaired) electrons. The van der Waals surface area contributed by atoms with Gasteiger partial charge in [0.2, 0.25) is 0 Å². The van der Waals surface area contributed by atoms with Gasteiger partial charge in [-0.1, -0.05) is 38.1 Å². The van der Waals surface area contributed by atoms with Gasteiger partial charge in [0, 0.05) is 5.75 Å². The Balaban J connectivity index is 2.68. The first-order valence-electron chi connectivity index (χ1n) is 5.01. The van der Waals surface area contributed by atoms with E-state index in [1.54, 1.807) is 0 Å². The van der Waals surface area contributed by atoms with Gasteiger partial charge in [0.05, 0.1) is 6.10 Å². The monoisotopic (exact) mass is 210 g/mol. The number of aliphatic hydroxyl groups is 1. The smallest absolute Gasteiger partial charge is 0.0877 e. The molecule has 2 heteroatoms. The predicted octanol–water partition coefficient (Wildman–Crippen LogP) is 2.85. The molecule has 1 unspecified atom stereocenters. The van der Waals surface area contributed by atoms with Crippen LogP contribution in [0.4, 0.5) is 0 Å². The molecule has 0 saturated carbocycles. The lowest BCUT2D eigenvalue weighted by atomic mass is 10.0. The van der Waals surface area contributed by atoms with E-state index >= 15 is 0 Å². The Labute approximate surface area is 91.6 Å².